The maximum absolute atomic E-state index is 11.0. The predicted molar refractivity (Wildman–Crippen MR) is 55.7 cm³/mol. The summed E-state index contributed by atoms with van der Waals surface area (Å²) in [5.41, 5.74) is 5.81. The van der Waals surface area contributed by atoms with E-state index in [0.29, 0.717) is 20.8 Å². The van der Waals surface area contributed by atoms with E-state index in [1.165, 1.54) is 0 Å². The normalized spacial score (nSPS) is 9.69. The van der Waals surface area contributed by atoms with Gasteiger partial charge in [-0.25, -0.2) is 0 Å². The minimum absolute atomic E-state index is 0.282. The molecule has 0 aliphatic rings. The molecule has 0 heterocycles. The Morgan fingerprint density at radius 3 is 2.46 bits per heavy atom. The van der Waals surface area contributed by atoms with Crippen LogP contribution in [0.5, 0.6) is 0 Å². The summed E-state index contributed by atoms with van der Waals surface area (Å²) in [6.07, 6.45) is 0.656. The highest BCUT2D eigenvalue weighted by molar-refractivity contribution is 9.11. The molecule has 0 saturated heterocycles. The van der Waals surface area contributed by atoms with Gasteiger partial charge in [-0.05, 0) is 44.0 Å². The average molecular weight is 307 g/mol. The lowest BCUT2D eigenvalue weighted by atomic mass is 10.1. The molecule has 3 nitrogen and oxygen atoms in total. The SMILES string of the molecule is NC(=O)c1c(Br)ccc(C=O)c1Br. The van der Waals surface area contributed by atoms with Gasteiger partial charge >= 0.3 is 0 Å². The van der Waals surface area contributed by atoms with Crippen molar-refractivity contribution in [1.82, 2.24) is 0 Å². The molecule has 0 aliphatic heterocycles. The van der Waals surface area contributed by atoms with Crippen LogP contribution in [-0.4, -0.2) is 12.2 Å². The van der Waals surface area contributed by atoms with E-state index in [9.17, 15) is 9.59 Å². The van der Waals surface area contributed by atoms with Crippen LogP contribution in [-0.2, 0) is 0 Å². The first-order valence-electron chi connectivity index (χ1n) is 3.31. The zero-order valence-electron chi connectivity index (χ0n) is 6.38. The molecule has 0 saturated carbocycles. The number of carbonyl (C=O) groups excluding carboxylic acids is 2. The van der Waals surface area contributed by atoms with Gasteiger partial charge in [0.15, 0.2) is 6.29 Å². The number of halogens is 2. The minimum Gasteiger partial charge on any atom is -0.366 e. The molecular formula is C8H5Br2NO2. The Balaban J connectivity index is 3.47. The highest BCUT2D eigenvalue weighted by atomic mass is 79.9. The number of primary amides is 1. The summed E-state index contributed by atoms with van der Waals surface area (Å²) in [4.78, 5) is 21.5. The third-order valence-corrected chi connectivity index (χ3v) is 3.01. The molecule has 13 heavy (non-hydrogen) atoms. The fourth-order valence-electron chi connectivity index (χ4n) is 0.885. The second-order valence-electron chi connectivity index (χ2n) is 2.31. The molecule has 1 aromatic carbocycles. The van der Waals surface area contributed by atoms with Crippen molar-refractivity contribution < 1.29 is 9.59 Å². The van der Waals surface area contributed by atoms with Crippen molar-refractivity contribution in [1.29, 1.82) is 0 Å². The number of aldehydes is 1. The Labute approximate surface area is 91.6 Å². The number of amides is 1. The lowest BCUT2D eigenvalue weighted by Crippen LogP contribution is -2.13. The lowest BCUT2D eigenvalue weighted by Gasteiger charge is -2.04. The Bertz CT molecular complexity index is 377. The van der Waals surface area contributed by atoms with Gasteiger partial charge in [-0.15, -0.1) is 0 Å². The highest BCUT2D eigenvalue weighted by Gasteiger charge is 2.13. The first-order valence-corrected chi connectivity index (χ1v) is 4.89. The van der Waals surface area contributed by atoms with Gasteiger partial charge in [-0.1, -0.05) is 0 Å². The predicted octanol–water partition coefficient (Wildman–Crippen LogP) is 2.12. The third kappa shape index (κ3) is 1.97. The van der Waals surface area contributed by atoms with Gasteiger partial charge in [0.25, 0.3) is 5.91 Å². The molecule has 0 aliphatic carbocycles. The summed E-state index contributed by atoms with van der Waals surface area (Å²) in [5, 5.41) is 0. The van der Waals surface area contributed by atoms with Gasteiger partial charge < -0.3 is 5.73 Å². The van der Waals surface area contributed by atoms with Crippen LogP contribution in [0.1, 0.15) is 20.7 Å². The zero-order valence-corrected chi connectivity index (χ0v) is 9.55. The van der Waals surface area contributed by atoms with Gasteiger partial charge in [0.1, 0.15) is 0 Å². The largest absolute Gasteiger partial charge is 0.366 e. The number of benzene rings is 1. The fourth-order valence-corrected chi connectivity index (χ4v) is 2.31. The van der Waals surface area contributed by atoms with Gasteiger partial charge in [0.2, 0.25) is 0 Å². The van der Waals surface area contributed by atoms with Crippen LogP contribution in [0.2, 0.25) is 0 Å². The number of nitrogens with two attached hydrogens (primary N) is 1. The summed E-state index contributed by atoms with van der Waals surface area (Å²) in [6, 6.07) is 3.20. The topological polar surface area (TPSA) is 60.2 Å². The second kappa shape index (κ2) is 4.02. The molecule has 0 unspecified atom stereocenters. The Morgan fingerprint density at radius 1 is 1.38 bits per heavy atom. The molecule has 68 valence electrons. The standard InChI is InChI=1S/C8H5Br2NO2/c9-5-2-1-4(3-12)7(10)6(5)8(11)13/h1-3H,(H2,11,13). The quantitative estimate of drug-likeness (QED) is 0.851. The van der Waals surface area contributed by atoms with E-state index >= 15 is 0 Å². The van der Waals surface area contributed by atoms with Crippen LogP contribution in [0, 0.1) is 0 Å². The third-order valence-electron chi connectivity index (χ3n) is 1.49. The smallest absolute Gasteiger partial charge is 0.251 e. The molecule has 0 fully saturated rings. The van der Waals surface area contributed by atoms with Crippen LogP contribution in [0.25, 0.3) is 0 Å². The molecule has 1 rings (SSSR count). The highest BCUT2D eigenvalue weighted by Crippen LogP contribution is 2.27. The summed E-state index contributed by atoms with van der Waals surface area (Å²) in [7, 11) is 0. The van der Waals surface area contributed by atoms with Gasteiger partial charge in [0, 0.05) is 14.5 Å². The summed E-state index contributed by atoms with van der Waals surface area (Å²) < 4.78 is 0.988. The summed E-state index contributed by atoms with van der Waals surface area (Å²) in [5.74, 6) is -0.581. The molecule has 0 spiro atoms. The van der Waals surface area contributed by atoms with Crippen molar-refractivity contribution in [3.05, 3.63) is 32.2 Å². The number of rotatable bonds is 2. The van der Waals surface area contributed by atoms with Crippen molar-refractivity contribution in [2.75, 3.05) is 0 Å². The summed E-state index contributed by atoms with van der Waals surface area (Å²) in [6.45, 7) is 0. The van der Waals surface area contributed by atoms with E-state index in [4.69, 9.17) is 5.73 Å². The van der Waals surface area contributed by atoms with Crippen molar-refractivity contribution >= 4 is 44.1 Å². The molecule has 0 atom stereocenters. The van der Waals surface area contributed by atoms with Crippen LogP contribution < -0.4 is 5.73 Å². The average Bonchev–Trinajstić information content (AvgIpc) is 2.04. The van der Waals surface area contributed by atoms with Crippen LogP contribution in [0.15, 0.2) is 21.1 Å². The Morgan fingerprint density at radius 2 is 2.00 bits per heavy atom. The molecule has 2 N–H and O–H groups in total. The summed E-state index contributed by atoms with van der Waals surface area (Å²) >= 11 is 6.30. The van der Waals surface area contributed by atoms with Crippen molar-refractivity contribution in [2.24, 2.45) is 5.73 Å². The van der Waals surface area contributed by atoms with E-state index in [2.05, 4.69) is 31.9 Å². The van der Waals surface area contributed by atoms with Crippen molar-refractivity contribution in [3.63, 3.8) is 0 Å². The molecule has 5 heteroatoms. The Kier molecular flexibility index (Phi) is 3.22. The van der Waals surface area contributed by atoms with E-state index < -0.39 is 5.91 Å². The van der Waals surface area contributed by atoms with Gasteiger partial charge in [-0.2, -0.15) is 0 Å². The zero-order chi connectivity index (χ0) is 10.0. The molecule has 0 bridgehead atoms. The maximum Gasteiger partial charge on any atom is 0.251 e. The lowest BCUT2D eigenvalue weighted by molar-refractivity contribution is 0.0999. The molecule has 1 amide bonds. The Hall–Kier alpha value is -0.680. The minimum atomic E-state index is -0.581. The molecule has 0 radical (unpaired) electrons. The number of hydrogen-bond donors (Lipinski definition) is 1. The first kappa shape index (κ1) is 10.4. The van der Waals surface area contributed by atoms with Crippen molar-refractivity contribution in [3.8, 4) is 0 Å². The second-order valence-corrected chi connectivity index (χ2v) is 3.96. The van der Waals surface area contributed by atoms with Gasteiger partial charge in [0.05, 0.1) is 5.56 Å². The monoisotopic (exact) mass is 305 g/mol. The van der Waals surface area contributed by atoms with E-state index in [-0.39, 0.29) is 5.56 Å². The maximum atomic E-state index is 11.0. The van der Waals surface area contributed by atoms with Crippen molar-refractivity contribution in [2.45, 2.75) is 0 Å². The van der Waals surface area contributed by atoms with Crippen LogP contribution in [0.4, 0.5) is 0 Å². The van der Waals surface area contributed by atoms with Crippen LogP contribution >= 0.6 is 31.9 Å². The number of hydrogen-bond acceptors (Lipinski definition) is 2. The molecule has 0 aromatic heterocycles. The first-order chi connectivity index (χ1) is 6.07. The van der Waals surface area contributed by atoms with E-state index in [0.717, 1.165) is 0 Å². The molecule has 1 aromatic rings. The molecular weight excluding hydrogens is 302 g/mol. The fraction of sp³-hybridized carbons (Fsp3) is 0. The number of carbonyl (C=O) groups is 2. The van der Waals surface area contributed by atoms with Gasteiger partial charge in [-0.3, -0.25) is 9.59 Å². The van der Waals surface area contributed by atoms with E-state index in [1.54, 1.807) is 12.1 Å². The van der Waals surface area contributed by atoms with E-state index in [1.807, 2.05) is 0 Å². The van der Waals surface area contributed by atoms with Crippen LogP contribution in [0.3, 0.4) is 0 Å².